The molecule has 0 saturated carbocycles. The number of carbonyl (C=O) groups is 4. The van der Waals surface area contributed by atoms with Crippen molar-refractivity contribution in [1.82, 2.24) is 0 Å². The van der Waals surface area contributed by atoms with Crippen molar-refractivity contribution in [3.63, 3.8) is 0 Å². The minimum atomic E-state index is -0.833. The summed E-state index contributed by atoms with van der Waals surface area (Å²) in [5.41, 5.74) is 0. The summed E-state index contributed by atoms with van der Waals surface area (Å²) < 4.78 is 0. The van der Waals surface area contributed by atoms with Gasteiger partial charge in [0.25, 0.3) is 23.9 Å². The summed E-state index contributed by atoms with van der Waals surface area (Å²) in [6, 6.07) is 0. The molecular formula is C8H18MgO8. The van der Waals surface area contributed by atoms with Gasteiger partial charge in [-0.15, -0.1) is 0 Å². The lowest BCUT2D eigenvalue weighted by molar-refractivity contribution is -0.135. The number of hydrogen-bond donors (Lipinski definition) is 4. The van der Waals surface area contributed by atoms with Crippen LogP contribution in [-0.2, 0) is 19.2 Å². The van der Waals surface area contributed by atoms with Crippen molar-refractivity contribution < 1.29 is 39.6 Å². The molecule has 9 heteroatoms. The Hall–Kier alpha value is -1.35. The smallest absolute Gasteiger partial charge is 0.316 e. The summed E-state index contributed by atoms with van der Waals surface area (Å²) in [7, 11) is 0. The summed E-state index contributed by atoms with van der Waals surface area (Å²) in [6.45, 7) is 4.33. The van der Waals surface area contributed by atoms with E-state index >= 15 is 0 Å². The van der Waals surface area contributed by atoms with Crippen LogP contribution in [-0.4, -0.2) is 67.4 Å². The number of rotatable bonds is 0. The van der Waals surface area contributed by atoms with Crippen molar-refractivity contribution in [1.29, 1.82) is 0 Å². The molecule has 0 atom stereocenters. The molecule has 0 heterocycles. The van der Waals surface area contributed by atoms with E-state index < -0.39 is 23.9 Å². The lowest BCUT2D eigenvalue weighted by Crippen LogP contribution is -1.78. The zero-order chi connectivity index (χ0) is 14.3. The first-order valence-corrected chi connectivity index (χ1v) is 3.71. The van der Waals surface area contributed by atoms with E-state index in [9.17, 15) is 0 Å². The second kappa shape index (κ2) is 24.1. The van der Waals surface area contributed by atoms with Crippen LogP contribution in [0.15, 0.2) is 0 Å². The molecule has 0 rings (SSSR count). The highest BCUT2D eigenvalue weighted by molar-refractivity contribution is 5.75. The molecule has 4 N–H and O–H groups in total. The third-order valence-electron chi connectivity index (χ3n) is 0. The predicted octanol–water partition coefficient (Wildman–Crippen LogP) is -0.553. The molecule has 0 bridgehead atoms. The van der Waals surface area contributed by atoms with E-state index in [1.54, 1.807) is 0 Å². The van der Waals surface area contributed by atoms with Gasteiger partial charge in [0, 0.05) is 27.7 Å². The highest BCUT2D eigenvalue weighted by Gasteiger charge is 1.66. The molecule has 17 heavy (non-hydrogen) atoms. The minimum Gasteiger partial charge on any atom is -0.481 e. The summed E-state index contributed by atoms with van der Waals surface area (Å²) >= 11 is 0. The fourth-order valence-electron chi connectivity index (χ4n) is 0. The largest absolute Gasteiger partial charge is 0.481 e. The molecule has 0 amide bonds. The van der Waals surface area contributed by atoms with Crippen molar-refractivity contribution in [3.05, 3.63) is 0 Å². The number of hydrogen-bond acceptors (Lipinski definition) is 4. The number of carboxylic acid groups (broad SMARTS) is 4. The van der Waals surface area contributed by atoms with Crippen molar-refractivity contribution in [2.75, 3.05) is 0 Å². The van der Waals surface area contributed by atoms with Gasteiger partial charge in [-0.05, 0) is 0 Å². The molecule has 100 valence electrons. The SMILES string of the molecule is CC(=O)O.CC(=O)O.CC(=O)O.CC(=O)O.[MgH2]. The Balaban J connectivity index is -0.0000000369. The molecule has 0 radical (unpaired) electrons. The first kappa shape index (κ1) is 29.6. The van der Waals surface area contributed by atoms with Crippen LogP contribution in [0.3, 0.4) is 0 Å². The first-order chi connectivity index (χ1) is 6.93. The van der Waals surface area contributed by atoms with Gasteiger partial charge < -0.3 is 20.4 Å². The highest BCUT2D eigenvalue weighted by Crippen LogP contribution is 1.43. The molecule has 0 saturated heterocycles. The fourth-order valence-corrected chi connectivity index (χ4v) is 0. The van der Waals surface area contributed by atoms with Gasteiger partial charge in [-0.3, -0.25) is 19.2 Å². The first-order valence-electron chi connectivity index (χ1n) is 3.71. The van der Waals surface area contributed by atoms with Crippen LogP contribution in [0.2, 0.25) is 0 Å². The molecule has 0 spiro atoms. The van der Waals surface area contributed by atoms with Gasteiger partial charge in [-0.25, -0.2) is 0 Å². The van der Waals surface area contributed by atoms with E-state index in [2.05, 4.69) is 0 Å². The Morgan fingerprint density at radius 3 is 0.529 bits per heavy atom. The second-order valence-corrected chi connectivity index (χ2v) is 2.08. The van der Waals surface area contributed by atoms with Crippen molar-refractivity contribution >= 4 is 46.9 Å². The van der Waals surface area contributed by atoms with E-state index in [1.807, 2.05) is 0 Å². The van der Waals surface area contributed by atoms with Gasteiger partial charge in [-0.1, -0.05) is 0 Å². The maximum Gasteiger partial charge on any atom is 0.316 e. The zero-order valence-electron chi connectivity index (χ0n) is 9.42. The molecule has 0 aliphatic rings. The van der Waals surface area contributed by atoms with E-state index in [4.69, 9.17) is 39.6 Å². The van der Waals surface area contributed by atoms with E-state index in [0.29, 0.717) is 0 Å². The average Bonchev–Trinajstić information content (AvgIpc) is 1.76. The molecule has 8 nitrogen and oxygen atoms in total. The van der Waals surface area contributed by atoms with Gasteiger partial charge in [0.05, 0.1) is 0 Å². The molecule has 0 aromatic carbocycles. The van der Waals surface area contributed by atoms with Crippen LogP contribution in [0.5, 0.6) is 0 Å². The molecular weight excluding hydrogens is 248 g/mol. The maximum absolute atomic E-state index is 9.00. The average molecular weight is 267 g/mol. The Morgan fingerprint density at radius 1 is 0.529 bits per heavy atom. The Morgan fingerprint density at radius 2 is 0.529 bits per heavy atom. The highest BCUT2D eigenvalue weighted by atomic mass is 24.3. The van der Waals surface area contributed by atoms with Crippen LogP contribution in [0.25, 0.3) is 0 Å². The van der Waals surface area contributed by atoms with Crippen LogP contribution in [0, 0.1) is 0 Å². The van der Waals surface area contributed by atoms with Crippen molar-refractivity contribution in [2.45, 2.75) is 27.7 Å². The topological polar surface area (TPSA) is 149 Å². The summed E-state index contributed by atoms with van der Waals surface area (Å²) in [5.74, 6) is -3.33. The van der Waals surface area contributed by atoms with Crippen LogP contribution >= 0.6 is 0 Å². The van der Waals surface area contributed by atoms with Gasteiger partial charge in [0.15, 0.2) is 0 Å². The van der Waals surface area contributed by atoms with Gasteiger partial charge >= 0.3 is 23.1 Å². The van der Waals surface area contributed by atoms with Crippen LogP contribution in [0.4, 0.5) is 0 Å². The van der Waals surface area contributed by atoms with Crippen molar-refractivity contribution in [2.24, 2.45) is 0 Å². The fraction of sp³-hybridized carbons (Fsp3) is 0.500. The molecule has 0 aromatic rings. The monoisotopic (exact) mass is 266 g/mol. The number of carboxylic acids is 4. The Kier molecular flexibility index (Phi) is 41.9. The zero-order valence-corrected chi connectivity index (χ0v) is 9.42. The van der Waals surface area contributed by atoms with Crippen molar-refractivity contribution in [3.8, 4) is 0 Å². The lowest BCUT2D eigenvalue weighted by atomic mass is 10.9. The summed E-state index contributed by atoms with van der Waals surface area (Å²) in [6.07, 6.45) is 0. The Labute approximate surface area is 114 Å². The normalized spacial score (nSPS) is 5.88. The van der Waals surface area contributed by atoms with Crippen LogP contribution in [0.1, 0.15) is 27.7 Å². The van der Waals surface area contributed by atoms with E-state index in [0.717, 1.165) is 27.7 Å². The standard InChI is InChI=1S/4C2H4O2.Mg.2H/c4*1-2(3)4;;;/h4*1H3,(H,3,4);;;. The summed E-state index contributed by atoms with van der Waals surface area (Å²) in [4.78, 5) is 36.0. The number of aliphatic carboxylic acids is 4. The predicted molar refractivity (Wildman–Crippen MR) is 61.8 cm³/mol. The summed E-state index contributed by atoms with van der Waals surface area (Å²) in [5, 5.41) is 29.7. The van der Waals surface area contributed by atoms with E-state index in [-0.39, 0.29) is 23.1 Å². The van der Waals surface area contributed by atoms with Crippen LogP contribution < -0.4 is 0 Å². The van der Waals surface area contributed by atoms with E-state index in [1.165, 1.54) is 0 Å². The third kappa shape index (κ3) is 1280. The maximum atomic E-state index is 9.00. The second-order valence-electron chi connectivity index (χ2n) is 2.08. The van der Waals surface area contributed by atoms with Gasteiger partial charge in [0.1, 0.15) is 0 Å². The molecule has 0 aliphatic heterocycles. The minimum absolute atomic E-state index is 0. The molecule has 0 aromatic heterocycles. The molecule has 0 unspecified atom stereocenters. The quantitative estimate of drug-likeness (QED) is 0.426. The Bertz CT molecular complexity index is 162. The lowest BCUT2D eigenvalue weighted by Gasteiger charge is -1.59. The van der Waals surface area contributed by atoms with Gasteiger partial charge in [0.2, 0.25) is 0 Å². The third-order valence-corrected chi connectivity index (χ3v) is 0. The molecule has 0 aliphatic carbocycles. The van der Waals surface area contributed by atoms with Gasteiger partial charge in [-0.2, -0.15) is 0 Å². The molecule has 0 fully saturated rings.